The van der Waals surface area contributed by atoms with Crippen molar-refractivity contribution in [2.24, 2.45) is 0 Å². The maximum atomic E-state index is 11.7. The van der Waals surface area contributed by atoms with Gasteiger partial charge in [-0.15, -0.1) is 0 Å². The summed E-state index contributed by atoms with van der Waals surface area (Å²) in [4.78, 5) is 22.5. The Kier molecular flexibility index (Phi) is 9.87. The summed E-state index contributed by atoms with van der Waals surface area (Å²) >= 11 is 0. The van der Waals surface area contributed by atoms with Crippen LogP contribution in [0, 0.1) is 0 Å². The summed E-state index contributed by atoms with van der Waals surface area (Å²) in [5.41, 5.74) is 0. The van der Waals surface area contributed by atoms with Crippen LogP contribution in [0.5, 0.6) is 0 Å². The predicted octanol–water partition coefficient (Wildman–Crippen LogP) is 3.27. The van der Waals surface area contributed by atoms with E-state index in [1.165, 1.54) is 44.9 Å². The van der Waals surface area contributed by atoms with Gasteiger partial charge in [0.2, 0.25) is 0 Å². The average molecular weight is 313 g/mol. The summed E-state index contributed by atoms with van der Waals surface area (Å²) in [6.07, 6.45) is 11.5. The second kappa shape index (κ2) is 11.5. The molecule has 1 aliphatic rings. The Balaban J connectivity index is 1.93. The number of nitrogens with one attached hydrogen (secondary N) is 1. The van der Waals surface area contributed by atoms with Crippen LogP contribution in [-0.2, 0) is 14.3 Å². The fraction of sp³-hybridized carbons (Fsp3) is 0.882. The molecule has 0 aromatic carbocycles. The summed E-state index contributed by atoms with van der Waals surface area (Å²) in [7, 11) is 0. The number of hydrogen-bond acceptors (Lipinski definition) is 4. The van der Waals surface area contributed by atoms with Gasteiger partial charge in [-0.2, -0.15) is 0 Å². The third-order valence-electron chi connectivity index (χ3n) is 4.17. The molecule has 0 saturated carbocycles. The minimum atomic E-state index is -0.877. The van der Waals surface area contributed by atoms with Crippen molar-refractivity contribution in [3.8, 4) is 0 Å². The van der Waals surface area contributed by atoms with Crippen LogP contribution in [0.25, 0.3) is 0 Å². The van der Waals surface area contributed by atoms with Crippen LogP contribution in [0.1, 0.15) is 77.6 Å². The van der Waals surface area contributed by atoms with Crippen LogP contribution >= 0.6 is 0 Å². The van der Waals surface area contributed by atoms with Gasteiger partial charge in [-0.25, -0.2) is 0 Å². The van der Waals surface area contributed by atoms with Crippen LogP contribution < -0.4 is 5.32 Å². The Bertz CT molecular complexity index is 333. The average Bonchev–Trinajstić information content (AvgIpc) is 2.94. The summed E-state index contributed by atoms with van der Waals surface area (Å²) in [5, 5.41) is 11.7. The number of unbranched alkanes of at least 4 members (excludes halogenated alkanes) is 8. The highest BCUT2D eigenvalue weighted by molar-refractivity contribution is 5.74. The topological polar surface area (TPSA) is 75.6 Å². The fourth-order valence-electron chi connectivity index (χ4n) is 2.81. The number of carbonyl (C=O) groups excluding carboxylic acids is 1. The Labute approximate surface area is 133 Å². The molecule has 5 nitrogen and oxygen atoms in total. The summed E-state index contributed by atoms with van der Waals surface area (Å²) in [6, 6.07) is -0.578. The number of ether oxygens (including phenoxy) is 1. The lowest BCUT2D eigenvalue weighted by atomic mass is 10.1. The van der Waals surface area contributed by atoms with Crippen LogP contribution in [0.15, 0.2) is 0 Å². The van der Waals surface area contributed by atoms with Gasteiger partial charge in [0.05, 0.1) is 0 Å². The Morgan fingerprint density at radius 1 is 1.05 bits per heavy atom. The summed E-state index contributed by atoms with van der Waals surface area (Å²) < 4.78 is 5.30. The molecular weight excluding hydrogens is 282 g/mol. The zero-order valence-electron chi connectivity index (χ0n) is 13.8. The van der Waals surface area contributed by atoms with E-state index in [0.29, 0.717) is 19.4 Å². The second-order valence-electron chi connectivity index (χ2n) is 6.23. The number of hydrogen-bond donors (Lipinski definition) is 2. The van der Waals surface area contributed by atoms with Crippen molar-refractivity contribution in [2.45, 2.75) is 89.7 Å². The quantitative estimate of drug-likeness (QED) is 0.427. The molecule has 1 saturated heterocycles. The minimum Gasteiger partial charge on any atom is -0.480 e. The van der Waals surface area contributed by atoms with E-state index in [1.807, 2.05) is 0 Å². The molecule has 1 fully saturated rings. The van der Waals surface area contributed by atoms with E-state index in [1.54, 1.807) is 0 Å². The molecule has 0 aromatic rings. The highest BCUT2D eigenvalue weighted by Gasteiger charge is 2.31. The first kappa shape index (κ1) is 18.9. The van der Waals surface area contributed by atoms with Gasteiger partial charge in [0, 0.05) is 19.4 Å². The van der Waals surface area contributed by atoms with Crippen molar-refractivity contribution in [3.05, 3.63) is 0 Å². The number of carboxylic acids is 1. The first-order valence-corrected chi connectivity index (χ1v) is 8.79. The van der Waals surface area contributed by atoms with E-state index in [4.69, 9.17) is 9.84 Å². The number of carboxylic acid groups (broad SMARTS) is 1. The van der Waals surface area contributed by atoms with Crippen LogP contribution in [-0.4, -0.2) is 35.7 Å². The maximum absolute atomic E-state index is 11.7. The van der Waals surface area contributed by atoms with Crippen molar-refractivity contribution in [1.29, 1.82) is 0 Å². The van der Waals surface area contributed by atoms with Gasteiger partial charge >= 0.3 is 11.9 Å². The van der Waals surface area contributed by atoms with Crippen LogP contribution in [0.4, 0.5) is 0 Å². The summed E-state index contributed by atoms with van der Waals surface area (Å²) in [5.74, 6) is -1.07. The molecule has 0 radical (unpaired) electrons. The molecule has 22 heavy (non-hydrogen) atoms. The molecule has 2 atom stereocenters. The molecule has 0 spiro atoms. The lowest BCUT2D eigenvalue weighted by Gasteiger charge is -2.10. The number of rotatable bonds is 12. The molecule has 128 valence electrons. The Morgan fingerprint density at radius 2 is 1.64 bits per heavy atom. The fourth-order valence-corrected chi connectivity index (χ4v) is 2.81. The molecular formula is C17H31NO4. The Morgan fingerprint density at radius 3 is 2.18 bits per heavy atom. The van der Waals surface area contributed by atoms with E-state index in [-0.39, 0.29) is 12.1 Å². The number of carbonyl (C=O) groups is 2. The van der Waals surface area contributed by atoms with Gasteiger partial charge in [-0.3, -0.25) is 9.59 Å². The highest BCUT2D eigenvalue weighted by atomic mass is 16.5. The number of aliphatic carboxylic acids is 1. The first-order valence-electron chi connectivity index (χ1n) is 8.79. The predicted molar refractivity (Wildman–Crippen MR) is 85.8 cm³/mol. The van der Waals surface area contributed by atoms with Crippen LogP contribution in [0.3, 0.4) is 0 Å². The molecule has 1 aliphatic heterocycles. The van der Waals surface area contributed by atoms with Gasteiger partial charge in [0.15, 0.2) is 0 Å². The molecule has 2 N–H and O–H groups in total. The van der Waals surface area contributed by atoms with Crippen molar-refractivity contribution in [2.75, 3.05) is 6.54 Å². The zero-order chi connectivity index (χ0) is 16.2. The van der Waals surface area contributed by atoms with Gasteiger partial charge in [-0.05, 0) is 6.42 Å². The second-order valence-corrected chi connectivity index (χ2v) is 6.23. The normalized spacial score (nSPS) is 21.0. The molecule has 0 amide bonds. The van der Waals surface area contributed by atoms with E-state index >= 15 is 0 Å². The molecule has 1 unspecified atom stereocenters. The molecule has 1 rings (SSSR count). The smallest absolute Gasteiger partial charge is 0.320 e. The molecule has 5 heteroatoms. The van der Waals surface area contributed by atoms with Crippen molar-refractivity contribution in [1.82, 2.24) is 5.32 Å². The summed E-state index contributed by atoms with van der Waals surface area (Å²) in [6.45, 7) is 2.67. The lowest BCUT2D eigenvalue weighted by molar-refractivity contribution is -0.149. The van der Waals surface area contributed by atoms with E-state index in [0.717, 1.165) is 12.8 Å². The lowest BCUT2D eigenvalue weighted by Crippen LogP contribution is -2.30. The van der Waals surface area contributed by atoms with E-state index in [2.05, 4.69) is 12.2 Å². The SMILES string of the molecule is CCCCCCCCCCCC(=O)OC1CN[C@H](C(=O)O)C1. The minimum absolute atomic E-state index is 0.194. The van der Waals surface area contributed by atoms with Gasteiger partial charge in [0.25, 0.3) is 0 Å². The van der Waals surface area contributed by atoms with Crippen molar-refractivity contribution >= 4 is 11.9 Å². The largest absolute Gasteiger partial charge is 0.480 e. The molecule has 1 heterocycles. The maximum Gasteiger partial charge on any atom is 0.320 e. The standard InChI is InChI=1S/C17H31NO4/c1-2-3-4-5-6-7-8-9-10-11-16(19)22-14-12-15(17(20)21)18-13-14/h14-15,18H,2-13H2,1H3,(H,20,21)/t14?,15-/m0/s1. The van der Waals surface area contributed by atoms with E-state index < -0.39 is 12.0 Å². The van der Waals surface area contributed by atoms with Crippen molar-refractivity contribution < 1.29 is 19.4 Å². The third-order valence-corrected chi connectivity index (χ3v) is 4.17. The third kappa shape index (κ3) is 8.37. The zero-order valence-corrected chi connectivity index (χ0v) is 13.8. The highest BCUT2D eigenvalue weighted by Crippen LogP contribution is 2.14. The van der Waals surface area contributed by atoms with Gasteiger partial charge in [0.1, 0.15) is 12.1 Å². The van der Waals surface area contributed by atoms with Crippen molar-refractivity contribution in [3.63, 3.8) is 0 Å². The number of esters is 1. The molecule has 0 bridgehead atoms. The monoisotopic (exact) mass is 313 g/mol. The first-order chi connectivity index (χ1) is 10.6. The van der Waals surface area contributed by atoms with E-state index in [9.17, 15) is 9.59 Å². The van der Waals surface area contributed by atoms with Gasteiger partial charge in [-0.1, -0.05) is 58.3 Å². The molecule has 0 aromatic heterocycles. The molecule has 0 aliphatic carbocycles. The van der Waals surface area contributed by atoms with Crippen LogP contribution in [0.2, 0.25) is 0 Å². The van der Waals surface area contributed by atoms with Gasteiger partial charge < -0.3 is 15.2 Å². The Hall–Kier alpha value is -1.10.